The van der Waals surface area contributed by atoms with Gasteiger partial charge in [-0.25, -0.2) is 4.79 Å². The Balaban J connectivity index is 1.87. The van der Waals surface area contributed by atoms with Crippen LogP contribution in [0.15, 0.2) is 43.0 Å². The summed E-state index contributed by atoms with van der Waals surface area (Å²) < 4.78 is 11.6. The molecule has 5 heteroatoms. The SMILES string of the molecule is C=CC1CC2(CC(Cc3ccccc3)N1C(=O)O)OCCO2. The molecule has 1 aromatic rings. The Morgan fingerprint density at radius 3 is 2.59 bits per heavy atom. The molecule has 0 bridgehead atoms. The third kappa shape index (κ3) is 2.87. The van der Waals surface area contributed by atoms with E-state index in [1.165, 1.54) is 4.90 Å². The van der Waals surface area contributed by atoms with E-state index in [1.54, 1.807) is 6.08 Å². The van der Waals surface area contributed by atoms with E-state index in [1.807, 2.05) is 30.3 Å². The van der Waals surface area contributed by atoms with Gasteiger partial charge in [0.05, 0.1) is 19.3 Å². The molecule has 5 nitrogen and oxygen atoms in total. The number of hydrogen-bond donors (Lipinski definition) is 1. The summed E-state index contributed by atoms with van der Waals surface area (Å²) in [6.45, 7) is 4.93. The topological polar surface area (TPSA) is 59.0 Å². The first kappa shape index (κ1) is 15.1. The average molecular weight is 303 g/mol. The third-order valence-electron chi connectivity index (χ3n) is 4.44. The van der Waals surface area contributed by atoms with Crippen LogP contribution in [0.1, 0.15) is 18.4 Å². The lowest BCUT2D eigenvalue weighted by Gasteiger charge is -2.46. The lowest BCUT2D eigenvalue weighted by Crippen LogP contribution is -2.58. The zero-order valence-corrected chi connectivity index (χ0v) is 12.5. The smallest absolute Gasteiger partial charge is 0.408 e. The normalized spacial score (nSPS) is 27.0. The van der Waals surface area contributed by atoms with E-state index in [2.05, 4.69) is 6.58 Å². The molecule has 2 aliphatic rings. The Morgan fingerprint density at radius 1 is 1.32 bits per heavy atom. The van der Waals surface area contributed by atoms with Crippen molar-refractivity contribution < 1.29 is 19.4 Å². The summed E-state index contributed by atoms with van der Waals surface area (Å²) in [6, 6.07) is 9.43. The third-order valence-corrected chi connectivity index (χ3v) is 4.44. The van der Waals surface area contributed by atoms with Gasteiger partial charge < -0.3 is 14.6 Å². The maximum atomic E-state index is 11.7. The Morgan fingerprint density at radius 2 is 2.00 bits per heavy atom. The van der Waals surface area contributed by atoms with Crippen LogP contribution in [0.5, 0.6) is 0 Å². The molecule has 2 heterocycles. The minimum absolute atomic E-state index is 0.185. The molecule has 0 aliphatic carbocycles. The van der Waals surface area contributed by atoms with Gasteiger partial charge in [0.15, 0.2) is 5.79 Å². The molecule has 22 heavy (non-hydrogen) atoms. The first-order chi connectivity index (χ1) is 10.6. The van der Waals surface area contributed by atoms with Gasteiger partial charge in [0.1, 0.15) is 0 Å². The number of rotatable bonds is 3. The molecule has 1 spiro atoms. The van der Waals surface area contributed by atoms with Crippen LogP contribution >= 0.6 is 0 Å². The summed E-state index contributed by atoms with van der Waals surface area (Å²) in [5.74, 6) is -0.662. The number of carbonyl (C=O) groups is 1. The standard InChI is InChI=1S/C17H21NO4/c1-2-14-11-17(21-8-9-22-17)12-15(18(14)16(19)20)10-13-6-4-3-5-7-13/h2-7,14-15H,1,8-12H2,(H,19,20). The Labute approximate surface area is 130 Å². The van der Waals surface area contributed by atoms with Gasteiger partial charge in [0.2, 0.25) is 0 Å². The van der Waals surface area contributed by atoms with Crippen molar-refractivity contribution in [3.8, 4) is 0 Å². The number of benzene rings is 1. The van der Waals surface area contributed by atoms with Crippen LogP contribution in [0.25, 0.3) is 0 Å². The zero-order chi connectivity index (χ0) is 15.6. The highest BCUT2D eigenvalue weighted by Gasteiger charge is 2.49. The number of likely N-dealkylation sites (tertiary alicyclic amines) is 1. The predicted molar refractivity (Wildman–Crippen MR) is 81.7 cm³/mol. The summed E-state index contributed by atoms with van der Waals surface area (Å²) >= 11 is 0. The number of carboxylic acid groups (broad SMARTS) is 1. The number of nitrogens with zero attached hydrogens (tertiary/aromatic N) is 1. The van der Waals surface area contributed by atoms with Crippen molar-refractivity contribution in [1.82, 2.24) is 4.90 Å². The molecular weight excluding hydrogens is 282 g/mol. The molecule has 1 amide bonds. The van der Waals surface area contributed by atoms with E-state index >= 15 is 0 Å². The van der Waals surface area contributed by atoms with Crippen molar-refractivity contribution >= 4 is 6.09 Å². The first-order valence-corrected chi connectivity index (χ1v) is 7.59. The van der Waals surface area contributed by atoms with Gasteiger partial charge >= 0.3 is 6.09 Å². The van der Waals surface area contributed by atoms with Crippen molar-refractivity contribution in [3.63, 3.8) is 0 Å². The minimum atomic E-state index is -0.918. The van der Waals surface area contributed by atoms with Gasteiger partial charge in [-0.05, 0) is 12.0 Å². The second kappa shape index (κ2) is 6.10. The van der Waals surface area contributed by atoms with Crippen LogP contribution in [0.2, 0.25) is 0 Å². The van der Waals surface area contributed by atoms with Gasteiger partial charge in [0, 0.05) is 18.9 Å². The largest absolute Gasteiger partial charge is 0.465 e. The molecule has 3 rings (SSSR count). The number of ether oxygens (including phenoxy) is 2. The predicted octanol–water partition coefficient (Wildman–Crippen LogP) is 2.67. The van der Waals surface area contributed by atoms with Crippen molar-refractivity contribution in [2.75, 3.05) is 13.2 Å². The number of piperidine rings is 1. The monoisotopic (exact) mass is 303 g/mol. The van der Waals surface area contributed by atoms with E-state index in [4.69, 9.17) is 9.47 Å². The molecule has 2 atom stereocenters. The van der Waals surface area contributed by atoms with E-state index in [9.17, 15) is 9.90 Å². The number of amides is 1. The van der Waals surface area contributed by atoms with Gasteiger partial charge in [-0.15, -0.1) is 6.58 Å². The molecule has 1 aromatic carbocycles. The van der Waals surface area contributed by atoms with Crippen LogP contribution in [0.4, 0.5) is 4.79 Å². The molecular formula is C17H21NO4. The summed E-state index contributed by atoms with van der Waals surface area (Å²) in [5.41, 5.74) is 1.11. The van der Waals surface area contributed by atoms with E-state index < -0.39 is 11.9 Å². The average Bonchev–Trinajstić information content (AvgIpc) is 2.95. The van der Waals surface area contributed by atoms with E-state index in [0.29, 0.717) is 32.5 Å². The van der Waals surface area contributed by atoms with Crippen LogP contribution < -0.4 is 0 Å². The fourth-order valence-corrected chi connectivity index (χ4v) is 3.51. The molecule has 2 aliphatic heterocycles. The maximum Gasteiger partial charge on any atom is 0.408 e. The highest BCUT2D eigenvalue weighted by molar-refractivity contribution is 5.66. The number of hydrogen-bond acceptors (Lipinski definition) is 3. The Kier molecular flexibility index (Phi) is 4.18. The lowest BCUT2D eigenvalue weighted by molar-refractivity contribution is -0.200. The second-order valence-electron chi connectivity index (χ2n) is 5.85. The molecule has 0 aromatic heterocycles. The van der Waals surface area contributed by atoms with Crippen LogP contribution in [0, 0.1) is 0 Å². The second-order valence-corrected chi connectivity index (χ2v) is 5.85. The fourth-order valence-electron chi connectivity index (χ4n) is 3.51. The summed E-state index contributed by atoms with van der Waals surface area (Å²) in [5, 5.41) is 9.62. The van der Waals surface area contributed by atoms with Crippen LogP contribution in [-0.4, -0.2) is 47.2 Å². The fraction of sp³-hybridized carbons (Fsp3) is 0.471. The van der Waals surface area contributed by atoms with Gasteiger partial charge in [-0.3, -0.25) is 4.90 Å². The van der Waals surface area contributed by atoms with E-state index in [0.717, 1.165) is 5.56 Å². The summed E-state index contributed by atoms with van der Waals surface area (Å²) in [7, 11) is 0. The first-order valence-electron chi connectivity index (χ1n) is 7.59. The quantitative estimate of drug-likeness (QED) is 0.872. The zero-order valence-electron chi connectivity index (χ0n) is 12.5. The highest BCUT2D eigenvalue weighted by atomic mass is 16.7. The highest BCUT2D eigenvalue weighted by Crippen LogP contribution is 2.39. The van der Waals surface area contributed by atoms with Gasteiger partial charge in [-0.2, -0.15) is 0 Å². The lowest BCUT2D eigenvalue weighted by atomic mass is 9.87. The van der Waals surface area contributed by atoms with Crippen molar-refractivity contribution in [2.45, 2.75) is 37.1 Å². The minimum Gasteiger partial charge on any atom is -0.465 e. The van der Waals surface area contributed by atoms with Crippen molar-refractivity contribution in [1.29, 1.82) is 0 Å². The summed E-state index contributed by atoms with van der Waals surface area (Å²) in [6.07, 6.45) is 2.47. The van der Waals surface area contributed by atoms with Crippen molar-refractivity contribution in [2.24, 2.45) is 0 Å². The Bertz CT molecular complexity index is 539. The van der Waals surface area contributed by atoms with Crippen LogP contribution in [0.3, 0.4) is 0 Å². The molecule has 2 unspecified atom stereocenters. The van der Waals surface area contributed by atoms with E-state index in [-0.39, 0.29) is 12.1 Å². The van der Waals surface area contributed by atoms with Gasteiger partial charge in [-0.1, -0.05) is 36.4 Å². The molecule has 1 N–H and O–H groups in total. The maximum absolute atomic E-state index is 11.7. The molecule has 0 saturated carbocycles. The van der Waals surface area contributed by atoms with Crippen LogP contribution in [-0.2, 0) is 15.9 Å². The molecule has 2 saturated heterocycles. The Hall–Kier alpha value is -1.85. The molecule has 2 fully saturated rings. The molecule has 0 radical (unpaired) electrons. The summed E-state index contributed by atoms with van der Waals surface area (Å²) in [4.78, 5) is 13.2. The molecule has 118 valence electrons. The van der Waals surface area contributed by atoms with Gasteiger partial charge in [0.25, 0.3) is 0 Å². The van der Waals surface area contributed by atoms with Crippen molar-refractivity contribution in [3.05, 3.63) is 48.6 Å².